The molecule has 24 heavy (non-hydrogen) atoms. The van der Waals surface area contributed by atoms with Crippen molar-refractivity contribution in [3.8, 4) is 11.5 Å². The summed E-state index contributed by atoms with van der Waals surface area (Å²) in [5, 5.41) is 12.8. The molecule has 0 unspecified atom stereocenters. The third-order valence-electron chi connectivity index (χ3n) is 2.99. The van der Waals surface area contributed by atoms with Crippen LogP contribution in [0.5, 0.6) is 0 Å². The van der Waals surface area contributed by atoms with Gasteiger partial charge in [-0.2, -0.15) is 0 Å². The van der Waals surface area contributed by atoms with Crippen molar-refractivity contribution >= 4 is 45.3 Å². The zero-order chi connectivity index (χ0) is 16.9. The predicted molar refractivity (Wildman–Crippen MR) is 96.3 cm³/mol. The van der Waals surface area contributed by atoms with E-state index in [1.165, 1.54) is 6.21 Å². The Kier molecular flexibility index (Phi) is 5.50. The van der Waals surface area contributed by atoms with Crippen molar-refractivity contribution in [1.82, 2.24) is 10.2 Å². The molecule has 0 saturated heterocycles. The molecule has 0 radical (unpaired) electrons. The van der Waals surface area contributed by atoms with Crippen LogP contribution in [0.25, 0.3) is 11.5 Å². The molecule has 0 aliphatic heterocycles. The first-order chi connectivity index (χ1) is 11.6. The summed E-state index contributed by atoms with van der Waals surface area (Å²) in [5.41, 5.74) is 1.51. The smallest absolute Gasteiger partial charge is 0.257 e. The van der Waals surface area contributed by atoms with Gasteiger partial charge in [0.25, 0.3) is 5.89 Å². The topological polar surface area (TPSA) is 60.5 Å². The molecule has 0 fully saturated rings. The van der Waals surface area contributed by atoms with Gasteiger partial charge in [0.05, 0.1) is 16.8 Å². The highest BCUT2D eigenvalue weighted by atomic mass is 79.9. The minimum atomic E-state index is 0.0547. The largest absolute Gasteiger partial charge is 0.417 e. The third-order valence-corrected chi connectivity index (χ3v) is 4.24. The summed E-state index contributed by atoms with van der Waals surface area (Å²) in [7, 11) is 0. The Morgan fingerprint density at radius 3 is 2.79 bits per heavy atom. The van der Waals surface area contributed by atoms with Gasteiger partial charge < -0.3 is 9.25 Å². The van der Waals surface area contributed by atoms with E-state index in [1.54, 1.807) is 18.2 Å². The average Bonchev–Trinajstić information content (AvgIpc) is 3.02. The second-order valence-electron chi connectivity index (χ2n) is 4.65. The highest BCUT2D eigenvalue weighted by Gasteiger charge is 2.11. The van der Waals surface area contributed by atoms with Crippen molar-refractivity contribution in [2.45, 2.75) is 6.61 Å². The molecule has 3 rings (SSSR count). The summed E-state index contributed by atoms with van der Waals surface area (Å²) >= 11 is 15.3. The maximum Gasteiger partial charge on any atom is 0.257 e. The summed E-state index contributed by atoms with van der Waals surface area (Å²) in [6.07, 6.45) is 1.49. The van der Waals surface area contributed by atoms with E-state index >= 15 is 0 Å². The number of halogens is 3. The van der Waals surface area contributed by atoms with E-state index in [2.05, 4.69) is 31.3 Å². The lowest BCUT2D eigenvalue weighted by atomic mass is 10.2. The summed E-state index contributed by atoms with van der Waals surface area (Å²) in [4.78, 5) is 5.16. The number of hydrogen-bond donors (Lipinski definition) is 0. The zero-order valence-corrected chi connectivity index (χ0v) is 15.2. The van der Waals surface area contributed by atoms with Gasteiger partial charge in [0.1, 0.15) is 0 Å². The van der Waals surface area contributed by atoms with Crippen molar-refractivity contribution in [2.75, 3.05) is 0 Å². The second-order valence-corrected chi connectivity index (χ2v) is 6.35. The van der Waals surface area contributed by atoms with E-state index in [0.29, 0.717) is 27.4 Å². The van der Waals surface area contributed by atoms with E-state index in [0.717, 1.165) is 10.0 Å². The molecule has 1 heterocycles. The first kappa shape index (κ1) is 17.0. The standard InChI is InChI=1S/C16H10BrCl2N3O2/c17-13-4-2-1-3-12(13)16-22-21-15(24-16)9-23-20-8-10-5-6-11(18)7-14(10)19/h1-8H,9H2/b20-8+. The van der Waals surface area contributed by atoms with Gasteiger partial charge in [-0.1, -0.05) is 46.6 Å². The van der Waals surface area contributed by atoms with Crippen molar-refractivity contribution in [3.05, 3.63) is 68.4 Å². The van der Waals surface area contributed by atoms with Gasteiger partial charge in [0, 0.05) is 15.1 Å². The molecule has 2 aromatic carbocycles. The lowest BCUT2D eigenvalue weighted by Crippen LogP contribution is -1.89. The molecule has 0 spiro atoms. The van der Waals surface area contributed by atoms with E-state index in [1.807, 2.05) is 24.3 Å². The minimum absolute atomic E-state index is 0.0547. The van der Waals surface area contributed by atoms with Crippen LogP contribution in [0.2, 0.25) is 10.0 Å². The molecule has 0 amide bonds. The van der Waals surface area contributed by atoms with E-state index in [-0.39, 0.29) is 6.61 Å². The van der Waals surface area contributed by atoms with Crippen LogP contribution in [0, 0.1) is 0 Å². The summed E-state index contributed by atoms with van der Waals surface area (Å²) in [6.45, 7) is 0.0547. The molecule has 0 bridgehead atoms. The van der Waals surface area contributed by atoms with E-state index in [4.69, 9.17) is 32.5 Å². The lowest BCUT2D eigenvalue weighted by molar-refractivity contribution is 0.112. The summed E-state index contributed by atoms with van der Waals surface area (Å²) in [5.74, 6) is 0.728. The molecule has 0 N–H and O–H groups in total. The first-order valence-corrected chi connectivity index (χ1v) is 8.36. The molecule has 0 aliphatic carbocycles. The van der Waals surface area contributed by atoms with Crippen LogP contribution in [0.3, 0.4) is 0 Å². The maximum atomic E-state index is 6.03. The maximum absolute atomic E-state index is 6.03. The van der Waals surface area contributed by atoms with Gasteiger partial charge in [-0.3, -0.25) is 0 Å². The number of benzene rings is 2. The Morgan fingerprint density at radius 1 is 1.17 bits per heavy atom. The number of rotatable bonds is 5. The van der Waals surface area contributed by atoms with Crippen LogP contribution in [0.15, 0.2) is 56.5 Å². The van der Waals surface area contributed by atoms with E-state index < -0.39 is 0 Å². The summed E-state index contributed by atoms with van der Waals surface area (Å²) < 4.78 is 6.42. The normalized spacial score (nSPS) is 11.1. The van der Waals surface area contributed by atoms with Crippen molar-refractivity contribution < 1.29 is 9.25 Å². The average molecular weight is 427 g/mol. The van der Waals surface area contributed by atoms with Crippen LogP contribution in [-0.2, 0) is 11.4 Å². The highest BCUT2D eigenvalue weighted by molar-refractivity contribution is 9.10. The number of hydrogen-bond acceptors (Lipinski definition) is 5. The number of oxime groups is 1. The van der Waals surface area contributed by atoms with Crippen LogP contribution in [0.1, 0.15) is 11.5 Å². The van der Waals surface area contributed by atoms with Crippen molar-refractivity contribution in [1.29, 1.82) is 0 Å². The zero-order valence-electron chi connectivity index (χ0n) is 12.1. The Bertz CT molecular complexity index is 883. The van der Waals surface area contributed by atoms with Crippen LogP contribution in [0.4, 0.5) is 0 Å². The molecule has 3 aromatic rings. The summed E-state index contributed by atoms with van der Waals surface area (Å²) in [6, 6.07) is 12.7. The number of nitrogens with zero attached hydrogens (tertiary/aromatic N) is 3. The first-order valence-electron chi connectivity index (χ1n) is 6.81. The molecule has 0 saturated carbocycles. The molecule has 0 atom stereocenters. The van der Waals surface area contributed by atoms with Crippen molar-refractivity contribution in [2.24, 2.45) is 5.16 Å². The fraction of sp³-hybridized carbons (Fsp3) is 0.0625. The number of aromatic nitrogens is 2. The van der Waals surface area contributed by atoms with Gasteiger partial charge >= 0.3 is 0 Å². The second kappa shape index (κ2) is 7.79. The van der Waals surface area contributed by atoms with Crippen LogP contribution in [-0.4, -0.2) is 16.4 Å². The van der Waals surface area contributed by atoms with E-state index in [9.17, 15) is 0 Å². The monoisotopic (exact) mass is 425 g/mol. The fourth-order valence-electron chi connectivity index (χ4n) is 1.85. The fourth-order valence-corrected chi connectivity index (χ4v) is 2.76. The quantitative estimate of drug-likeness (QED) is 0.407. The van der Waals surface area contributed by atoms with Gasteiger partial charge in [-0.15, -0.1) is 10.2 Å². The molecular formula is C16H10BrCl2N3O2. The minimum Gasteiger partial charge on any atom is -0.417 e. The molecule has 0 aliphatic rings. The van der Waals surface area contributed by atoms with Crippen LogP contribution < -0.4 is 0 Å². The Hall–Kier alpha value is -1.89. The van der Waals surface area contributed by atoms with Gasteiger partial charge in [0.15, 0.2) is 6.61 Å². The Labute approximate surface area is 156 Å². The molecule has 122 valence electrons. The van der Waals surface area contributed by atoms with Crippen LogP contribution >= 0.6 is 39.1 Å². The van der Waals surface area contributed by atoms with Gasteiger partial charge in [-0.05, 0) is 40.2 Å². The van der Waals surface area contributed by atoms with Gasteiger partial charge in [0.2, 0.25) is 5.89 Å². The molecule has 5 nitrogen and oxygen atoms in total. The SMILES string of the molecule is Clc1ccc(/C=N/OCc2nnc(-c3ccccc3Br)o2)c(Cl)c1. The lowest BCUT2D eigenvalue weighted by Gasteiger charge is -1.98. The Balaban J connectivity index is 1.62. The highest BCUT2D eigenvalue weighted by Crippen LogP contribution is 2.26. The molecule has 1 aromatic heterocycles. The molecular weight excluding hydrogens is 417 g/mol. The third kappa shape index (κ3) is 4.14. The predicted octanol–water partition coefficient (Wildman–Crippen LogP) is 5.36. The Morgan fingerprint density at radius 2 is 2.00 bits per heavy atom. The van der Waals surface area contributed by atoms with Gasteiger partial charge in [-0.25, -0.2) is 0 Å². The van der Waals surface area contributed by atoms with Crippen molar-refractivity contribution in [3.63, 3.8) is 0 Å². The molecule has 8 heteroatoms.